The molecule has 1 rings (SSSR count). The van der Waals surface area contributed by atoms with E-state index in [0.29, 0.717) is 17.0 Å². The van der Waals surface area contributed by atoms with Gasteiger partial charge in [0.15, 0.2) is 5.71 Å². The fourth-order valence-electron chi connectivity index (χ4n) is 3.27. The zero-order valence-corrected chi connectivity index (χ0v) is 23.6. The summed E-state index contributed by atoms with van der Waals surface area (Å²) in [6.45, 7) is 4.31. The zero-order valence-electron chi connectivity index (χ0n) is 21.1. The maximum absolute atomic E-state index is 12.8. The Bertz CT molecular complexity index is 1380. The minimum atomic E-state index is -4.26. The van der Waals surface area contributed by atoms with E-state index in [-0.39, 0.29) is 50.1 Å². The molecule has 0 aliphatic heterocycles. The molecule has 0 aliphatic rings. The predicted octanol–water partition coefficient (Wildman–Crippen LogP) is 1.27. The molecule has 0 atom stereocenters. The van der Waals surface area contributed by atoms with Gasteiger partial charge in [-0.3, -0.25) is 13.7 Å². The third-order valence-electron chi connectivity index (χ3n) is 5.01. The van der Waals surface area contributed by atoms with E-state index in [0.717, 1.165) is 0 Å². The van der Waals surface area contributed by atoms with Gasteiger partial charge in [-0.15, -0.1) is 0 Å². The molecule has 17 heteroatoms. The van der Waals surface area contributed by atoms with E-state index in [1.54, 1.807) is 25.3 Å². The number of carbonyl (C=O) groups is 2. The second kappa shape index (κ2) is 14.1. The standard InChI is InChI=1S/C21H31NO13S3/c1-15(2)22(7-4-10-36(25,26)27)19-14-17(20(23)34-8-5-11-37(28,29)30)13-18(16(19)3)21(24)35-9-6-12-38(31,32)33/h13-14H,4-12H2,1-3H3,(H2-,25,26,27,28,29,30,31,32,33)/p+1. The first kappa shape index (κ1) is 33.6. The topological polar surface area (TPSA) is 219 Å². The Hall–Kier alpha value is -2.44. The molecule has 14 nitrogen and oxygen atoms in total. The Balaban J connectivity index is 3.35. The lowest BCUT2D eigenvalue weighted by Crippen LogP contribution is -2.20. The quantitative estimate of drug-likeness (QED) is 0.0847. The first-order chi connectivity index (χ1) is 17.3. The SMILES string of the molecule is CC(C)=[N+](CCCS(=O)(=O)O)c1cc(C(=O)OCCCS(=O)(=O)O)cc(C(=O)OCCCS(=O)(=O)O)c1C. The molecule has 0 amide bonds. The third kappa shape index (κ3) is 12.9. The van der Waals surface area contributed by atoms with Gasteiger partial charge in [0, 0.05) is 31.9 Å². The summed E-state index contributed by atoms with van der Waals surface area (Å²) >= 11 is 0. The highest BCUT2D eigenvalue weighted by Gasteiger charge is 2.26. The van der Waals surface area contributed by atoms with Gasteiger partial charge in [0.2, 0.25) is 5.69 Å². The monoisotopic (exact) mass is 602 g/mol. The molecule has 0 fully saturated rings. The summed E-state index contributed by atoms with van der Waals surface area (Å²) in [5.74, 6) is -3.63. The van der Waals surface area contributed by atoms with E-state index >= 15 is 0 Å². The number of esters is 2. The van der Waals surface area contributed by atoms with E-state index in [1.165, 1.54) is 12.1 Å². The van der Waals surface area contributed by atoms with E-state index < -0.39 is 59.6 Å². The van der Waals surface area contributed by atoms with Crippen LogP contribution in [0.25, 0.3) is 0 Å². The second-order valence-corrected chi connectivity index (χ2v) is 13.2. The van der Waals surface area contributed by atoms with Crippen molar-refractivity contribution in [2.75, 3.05) is 37.0 Å². The van der Waals surface area contributed by atoms with Crippen molar-refractivity contribution in [3.05, 3.63) is 28.8 Å². The number of rotatable bonds is 15. The summed E-state index contributed by atoms with van der Waals surface area (Å²) in [7, 11) is -12.7. The Morgan fingerprint density at radius 1 is 0.763 bits per heavy atom. The largest absolute Gasteiger partial charge is 0.462 e. The molecular weight excluding hydrogens is 570 g/mol. The number of ether oxygens (including phenoxy) is 2. The van der Waals surface area contributed by atoms with E-state index in [4.69, 9.17) is 23.1 Å². The molecule has 0 spiro atoms. The first-order valence-corrected chi connectivity index (χ1v) is 16.1. The number of hydrogen-bond donors (Lipinski definition) is 3. The van der Waals surface area contributed by atoms with Gasteiger partial charge in [-0.2, -0.15) is 25.3 Å². The molecule has 0 heterocycles. The maximum Gasteiger partial charge on any atom is 0.338 e. The maximum atomic E-state index is 12.8. The van der Waals surface area contributed by atoms with Crippen molar-refractivity contribution >= 4 is 53.7 Å². The van der Waals surface area contributed by atoms with Crippen LogP contribution in [0.4, 0.5) is 5.69 Å². The summed E-state index contributed by atoms with van der Waals surface area (Å²) in [5, 5.41) is 0. The molecule has 0 radical (unpaired) electrons. The molecule has 0 bridgehead atoms. The smallest absolute Gasteiger partial charge is 0.338 e. The van der Waals surface area contributed by atoms with Crippen molar-refractivity contribution in [2.24, 2.45) is 0 Å². The average molecular weight is 603 g/mol. The van der Waals surface area contributed by atoms with Crippen molar-refractivity contribution in [3.63, 3.8) is 0 Å². The van der Waals surface area contributed by atoms with Crippen LogP contribution in [0.2, 0.25) is 0 Å². The molecule has 1 aromatic rings. The van der Waals surface area contributed by atoms with Crippen LogP contribution in [0.15, 0.2) is 12.1 Å². The van der Waals surface area contributed by atoms with Crippen LogP contribution in [-0.2, 0) is 39.8 Å². The normalized spacial score (nSPS) is 12.2. The summed E-state index contributed by atoms with van der Waals surface area (Å²) in [6, 6.07) is 2.56. The zero-order chi connectivity index (χ0) is 29.3. The van der Waals surface area contributed by atoms with Gasteiger partial charge < -0.3 is 9.47 Å². The molecule has 3 N–H and O–H groups in total. The third-order valence-corrected chi connectivity index (χ3v) is 7.42. The average Bonchev–Trinajstić information content (AvgIpc) is 2.75. The van der Waals surface area contributed by atoms with Gasteiger partial charge in [-0.05, 0) is 25.8 Å². The number of carbonyl (C=O) groups excluding carboxylic acids is 2. The van der Waals surface area contributed by atoms with Crippen LogP contribution >= 0.6 is 0 Å². The molecule has 0 aromatic heterocycles. The summed E-state index contributed by atoms with van der Waals surface area (Å²) in [5.41, 5.74) is 1.09. The highest BCUT2D eigenvalue weighted by atomic mass is 32.2. The van der Waals surface area contributed by atoms with Crippen molar-refractivity contribution in [3.8, 4) is 0 Å². The Morgan fingerprint density at radius 3 is 1.66 bits per heavy atom. The van der Waals surface area contributed by atoms with E-state index in [9.17, 15) is 34.8 Å². The molecule has 0 aliphatic carbocycles. The van der Waals surface area contributed by atoms with Crippen LogP contribution in [0.1, 0.15) is 59.4 Å². The molecule has 1 aromatic carbocycles. The highest BCUT2D eigenvalue weighted by molar-refractivity contribution is 7.86. The van der Waals surface area contributed by atoms with Crippen LogP contribution < -0.4 is 0 Å². The van der Waals surface area contributed by atoms with Crippen molar-refractivity contribution in [1.29, 1.82) is 0 Å². The molecule has 216 valence electrons. The lowest BCUT2D eigenvalue weighted by molar-refractivity contribution is -0.442. The van der Waals surface area contributed by atoms with Crippen LogP contribution in [-0.4, -0.2) is 98.2 Å². The van der Waals surface area contributed by atoms with Gasteiger partial charge in [-0.25, -0.2) is 14.2 Å². The van der Waals surface area contributed by atoms with Crippen molar-refractivity contribution in [2.45, 2.75) is 40.0 Å². The van der Waals surface area contributed by atoms with Crippen LogP contribution in [0.3, 0.4) is 0 Å². The minimum absolute atomic E-state index is 0.00315. The van der Waals surface area contributed by atoms with Crippen molar-refractivity contribution < 1.29 is 62.5 Å². The number of benzene rings is 1. The molecule has 0 saturated carbocycles. The van der Waals surface area contributed by atoms with E-state index in [2.05, 4.69) is 0 Å². The van der Waals surface area contributed by atoms with Gasteiger partial charge in [0.1, 0.15) is 6.54 Å². The minimum Gasteiger partial charge on any atom is -0.462 e. The Labute approximate surface area is 221 Å². The summed E-state index contributed by atoms with van der Waals surface area (Å²) in [6.07, 6.45) is -0.367. The number of hydrogen-bond acceptors (Lipinski definition) is 10. The summed E-state index contributed by atoms with van der Waals surface area (Å²) in [4.78, 5) is 25.5. The Kier molecular flexibility index (Phi) is 12.5. The fourth-order valence-corrected chi connectivity index (χ4v) is 4.73. The lowest BCUT2D eigenvalue weighted by atomic mass is 10.0. The lowest BCUT2D eigenvalue weighted by Gasteiger charge is -2.14. The summed E-state index contributed by atoms with van der Waals surface area (Å²) < 4.78 is 104. The number of nitrogens with zero attached hydrogens (tertiary/aromatic N) is 1. The second-order valence-electron chi connectivity index (χ2n) is 8.46. The van der Waals surface area contributed by atoms with Crippen LogP contribution in [0, 0.1) is 6.92 Å². The molecule has 0 saturated heterocycles. The fraction of sp³-hybridized carbons (Fsp3) is 0.571. The predicted molar refractivity (Wildman–Crippen MR) is 136 cm³/mol. The molecular formula is C21H32NO13S3+. The molecule has 38 heavy (non-hydrogen) atoms. The van der Waals surface area contributed by atoms with Crippen molar-refractivity contribution in [1.82, 2.24) is 0 Å². The van der Waals surface area contributed by atoms with Gasteiger partial charge in [0.05, 0.1) is 41.6 Å². The van der Waals surface area contributed by atoms with Gasteiger partial charge in [0.25, 0.3) is 30.4 Å². The van der Waals surface area contributed by atoms with Gasteiger partial charge in [-0.1, -0.05) is 0 Å². The first-order valence-electron chi connectivity index (χ1n) is 11.2. The molecule has 0 unspecified atom stereocenters. The van der Waals surface area contributed by atoms with Gasteiger partial charge >= 0.3 is 11.9 Å². The highest BCUT2D eigenvalue weighted by Crippen LogP contribution is 2.27. The van der Waals surface area contributed by atoms with E-state index in [1.807, 2.05) is 0 Å². The van der Waals surface area contributed by atoms with Crippen LogP contribution in [0.5, 0.6) is 0 Å². The Morgan fingerprint density at radius 2 is 1.21 bits per heavy atom.